The lowest BCUT2D eigenvalue weighted by Gasteiger charge is -2.22. The van der Waals surface area contributed by atoms with Gasteiger partial charge in [0.15, 0.2) is 0 Å². The van der Waals surface area contributed by atoms with Crippen LogP contribution < -0.4 is 5.73 Å². The highest BCUT2D eigenvalue weighted by Gasteiger charge is 2.21. The summed E-state index contributed by atoms with van der Waals surface area (Å²) >= 11 is 0. The van der Waals surface area contributed by atoms with Crippen molar-refractivity contribution in [1.29, 1.82) is 0 Å². The Hall–Kier alpha value is -0.830. The van der Waals surface area contributed by atoms with Crippen LogP contribution in [0.2, 0.25) is 0 Å². The van der Waals surface area contributed by atoms with E-state index in [0.29, 0.717) is 12.0 Å². The molecule has 78 valence electrons. The van der Waals surface area contributed by atoms with Crippen LogP contribution in [0.3, 0.4) is 0 Å². The van der Waals surface area contributed by atoms with Gasteiger partial charge in [-0.1, -0.05) is 0 Å². The van der Waals surface area contributed by atoms with E-state index in [1.807, 2.05) is 6.20 Å². The van der Waals surface area contributed by atoms with E-state index < -0.39 is 0 Å². The van der Waals surface area contributed by atoms with Crippen LogP contribution in [0, 0.1) is 5.92 Å². The Balaban J connectivity index is 2.25. The van der Waals surface area contributed by atoms with Gasteiger partial charge in [-0.2, -0.15) is 5.10 Å². The summed E-state index contributed by atoms with van der Waals surface area (Å²) in [6, 6.07) is 0.480. The molecular formula is C11H19N3. The summed E-state index contributed by atoms with van der Waals surface area (Å²) in [5.41, 5.74) is 8.55. The van der Waals surface area contributed by atoms with E-state index in [0.717, 1.165) is 19.4 Å². The predicted molar refractivity (Wildman–Crippen MR) is 57.2 cm³/mol. The molecule has 0 radical (unpaired) electrons. The van der Waals surface area contributed by atoms with Crippen LogP contribution in [0.5, 0.6) is 0 Å². The number of fused-ring (bicyclic) bond motifs is 1. The van der Waals surface area contributed by atoms with Gasteiger partial charge < -0.3 is 5.73 Å². The van der Waals surface area contributed by atoms with Gasteiger partial charge in [-0.25, -0.2) is 0 Å². The fourth-order valence-corrected chi connectivity index (χ4v) is 2.27. The topological polar surface area (TPSA) is 43.8 Å². The van der Waals surface area contributed by atoms with Crippen LogP contribution in [0.1, 0.15) is 37.6 Å². The Bertz CT molecular complexity index is 314. The molecule has 1 aromatic rings. The minimum Gasteiger partial charge on any atom is -0.330 e. The molecule has 0 fully saturated rings. The largest absolute Gasteiger partial charge is 0.330 e. The van der Waals surface area contributed by atoms with E-state index in [1.54, 1.807) is 0 Å². The summed E-state index contributed by atoms with van der Waals surface area (Å²) in [6.07, 6.45) is 5.52. The van der Waals surface area contributed by atoms with Crippen LogP contribution in [-0.2, 0) is 12.8 Å². The Morgan fingerprint density at radius 1 is 1.64 bits per heavy atom. The summed E-state index contributed by atoms with van der Waals surface area (Å²) in [4.78, 5) is 0. The Kier molecular flexibility index (Phi) is 2.59. The van der Waals surface area contributed by atoms with E-state index >= 15 is 0 Å². The first-order valence-corrected chi connectivity index (χ1v) is 5.47. The molecule has 0 unspecified atom stereocenters. The molecule has 0 aliphatic heterocycles. The van der Waals surface area contributed by atoms with E-state index in [-0.39, 0.29) is 0 Å². The lowest BCUT2D eigenvalue weighted by atomic mass is 9.88. The smallest absolute Gasteiger partial charge is 0.0524 e. The fourth-order valence-electron chi connectivity index (χ4n) is 2.27. The summed E-state index contributed by atoms with van der Waals surface area (Å²) in [5.74, 6) is 0.673. The third-order valence-corrected chi connectivity index (χ3v) is 3.11. The van der Waals surface area contributed by atoms with Gasteiger partial charge in [0.05, 0.1) is 6.20 Å². The average molecular weight is 193 g/mol. The van der Waals surface area contributed by atoms with Crippen molar-refractivity contribution in [2.75, 3.05) is 6.54 Å². The van der Waals surface area contributed by atoms with Crippen molar-refractivity contribution in [3.05, 3.63) is 17.5 Å². The molecule has 2 rings (SSSR count). The minimum absolute atomic E-state index is 0.480. The molecule has 0 amide bonds. The van der Waals surface area contributed by atoms with Gasteiger partial charge >= 0.3 is 0 Å². The summed E-state index contributed by atoms with van der Waals surface area (Å²) in [5, 5.41) is 4.44. The maximum atomic E-state index is 5.70. The predicted octanol–water partition coefficient (Wildman–Crippen LogP) is 1.53. The molecule has 1 aliphatic carbocycles. The highest BCUT2D eigenvalue weighted by molar-refractivity contribution is 5.22. The van der Waals surface area contributed by atoms with Crippen molar-refractivity contribution < 1.29 is 0 Å². The molecule has 1 aromatic heterocycles. The third-order valence-electron chi connectivity index (χ3n) is 3.11. The molecule has 3 nitrogen and oxygen atoms in total. The average Bonchev–Trinajstić information content (AvgIpc) is 2.59. The van der Waals surface area contributed by atoms with Gasteiger partial charge in [-0.15, -0.1) is 0 Å². The molecule has 1 aliphatic rings. The zero-order valence-electron chi connectivity index (χ0n) is 9.03. The number of nitrogens with two attached hydrogens (primary N) is 1. The van der Waals surface area contributed by atoms with Crippen LogP contribution in [0.4, 0.5) is 0 Å². The normalized spacial score (nSPS) is 21.3. The maximum Gasteiger partial charge on any atom is 0.0524 e. The molecule has 0 saturated carbocycles. The highest BCUT2D eigenvalue weighted by atomic mass is 15.3. The molecular weight excluding hydrogens is 174 g/mol. The van der Waals surface area contributed by atoms with E-state index in [2.05, 4.69) is 23.6 Å². The molecule has 1 heterocycles. The number of aromatic nitrogens is 2. The summed E-state index contributed by atoms with van der Waals surface area (Å²) < 4.78 is 2.15. The van der Waals surface area contributed by atoms with E-state index in [4.69, 9.17) is 5.73 Å². The third kappa shape index (κ3) is 1.57. The van der Waals surface area contributed by atoms with Gasteiger partial charge in [0.1, 0.15) is 0 Å². The lowest BCUT2D eigenvalue weighted by molar-refractivity contribution is 0.436. The zero-order valence-corrected chi connectivity index (χ0v) is 9.03. The molecule has 14 heavy (non-hydrogen) atoms. The molecule has 0 aromatic carbocycles. The van der Waals surface area contributed by atoms with Gasteiger partial charge in [-0.3, -0.25) is 4.68 Å². The first-order chi connectivity index (χ1) is 6.72. The maximum absolute atomic E-state index is 5.70. The van der Waals surface area contributed by atoms with Crippen molar-refractivity contribution in [2.45, 2.75) is 39.2 Å². The second-order valence-electron chi connectivity index (χ2n) is 4.50. The first-order valence-electron chi connectivity index (χ1n) is 5.47. The molecule has 1 atom stereocenters. The number of hydrogen-bond donors (Lipinski definition) is 1. The van der Waals surface area contributed by atoms with E-state index in [1.165, 1.54) is 17.7 Å². The zero-order chi connectivity index (χ0) is 10.1. The quantitative estimate of drug-likeness (QED) is 0.774. The molecule has 2 N–H and O–H groups in total. The monoisotopic (exact) mass is 193 g/mol. The molecule has 0 saturated heterocycles. The van der Waals surface area contributed by atoms with Crippen molar-refractivity contribution in [2.24, 2.45) is 11.7 Å². The minimum atomic E-state index is 0.480. The van der Waals surface area contributed by atoms with Crippen LogP contribution in [0.15, 0.2) is 6.20 Å². The Labute approximate surface area is 85.3 Å². The van der Waals surface area contributed by atoms with E-state index in [9.17, 15) is 0 Å². The number of rotatable bonds is 2. The van der Waals surface area contributed by atoms with Gasteiger partial charge in [0.25, 0.3) is 0 Å². The lowest BCUT2D eigenvalue weighted by Crippen LogP contribution is -2.23. The van der Waals surface area contributed by atoms with Crippen molar-refractivity contribution in [1.82, 2.24) is 9.78 Å². The SMILES string of the molecule is CC(C)n1ncc2c1CC[C@@H](CN)C2. The Morgan fingerprint density at radius 2 is 2.43 bits per heavy atom. The van der Waals surface area contributed by atoms with Crippen LogP contribution in [-0.4, -0.2) is 16.3 Å². The summed E-state index contributed by atoms with van der Waals surface area (Å²) in [6.45, 7) is 5.18. The highest BCUT2D eigenvalue weighted by Crippen LogP contribution is 2.26. The Morgan fingerprint density at radius 3 is 3.07 bits per heavy atom. The van der Waals surface area contributed by atoms with Crippen molar-refractivity contribution >= 4 is 0 Å². The number of nitrogens with zero attached hydrogens (tertiary/aromatic N) is 2. The first kappa shape index (κ1) is 9.71. The van der Waals surface area contributed by atoms with Gasteiger partial charge in [-0.05, 0) is 51.1 Å². The van der Waals surface area contributed by atoms with Crippen molar-refractivity contribution in [3.63, 3.8) is 0 Å². The van der Waals surface area contributed by atoms with Crippen molar-refractivity contribution in [3.8, 4) is 0 Å². The molecule has 3 heteroatoms. The second kappa shape index (κ2) is 3.73. The molecule has 0 spiro atoms. The molecule has 0 bridgehead atoms. The van der Waals surface area contributed by atoms with Crippen LogP contribution >= 0.6 is 0 Å². The van der Waals surface area contributed by atoms with Crippen LogP contribution in [0.25, 0.3) is 0 Å². The van der Waals surface area contributed by atoms with Gasteiger partial charge in [0.2, 0.25) is 0 Å². The second-order valence-corrected chi connectivity index (χ2v) is 4.50. The summed E-state index contributed by atoms with van der Waals surface area (Å²) in [7, 11) is 0. The number of hydrogen-bond acceptors (Lipinski definition) is 2. The van der Waals surface area contributed by atoms with Gasteiger partial charge in [0, 0.05) is 11.7 Å². The standard InChI is InChI=1S/C11H19N3/c1-8(2)14-11-4-3-9(6-12)5-10(11)7-13-14/h7-9H,3-6,12H2,1-2H3/t9-/m1/s1. The fraction of sp³-hybridized carbons (Fsp3) is 0.727.